The number of hydrogen-bond acceptors (Lipinski definition) is 3. The van der Waals surface area contributed by atoms with Crippen LogP contribution in [0.5, 0.6) is 0 Å². The first-order chi connectivity index (χ1) is 10.2. The van der Waals surface area contributed by atoms with Crippen LogP contribution in [0, 0.1) is 11.8 Å². The Morgan fingerprint density at radius 3 is 3.10 bits per heavy atom. The van der Waals surface area contributed by atoms with E-state index in [4.69, 9.17) is 0 Å². The average molecular weight is 301 g/mol. The van der Waals surface area contributed by atoms with E-state index in [-0.39, 0.29) is 0 Å². The van der Waals surface area contributed by atoms with Crippen LogP contribution in [0.25, 0.3) is 10.1 Å². The smallest absolute Gasteiger partial charge is 0.137 e. The number of nitrogens with one attached hydrogen (secondary N) is 1. The molecule has 2 nitrogen and oxygen atoms in total. The molecule has 2 aromatic rings. The van der Waals surface area contributed by atoms with Crippen LogP contribution < -0.4 is 5.32 Å². The van der Waals surface area contributed by atoms with E-state index in [2.05, 4.69) is 41.9 Å². The van der Waals surface area contributed by atoms with Crippen molar-refractivity contribution < 1.29 is 4.79 Å². The minimum absolute atomic E-state index is 0.386. The lowest BCUT2D eigenvalue weighted by Crippen LogP contribution is -2.34. The molecule has 112 valence electrons. The fraction of sp³-hybridized carbons (Fsp3) is 0.500. The van der Waals surface area contributed by atoms with Gasteiger partial charge in [-0.3, -0.25) is 4.79 Å². The Morgan fingerprint density at radius 2 is 2.29 bits per heavy atom. The summed E-state index contributed by atoms with van der Waals surface area (Å²) < 4.78 is 1.28. The van der Waals surface area contributed by atoms with Gasteiger partial charge >= 0.3 is 0 Å². The third-order valence-corrected chi connectivity index (χ3v) is 5.65. The number of benzene rings is 1. The van der Waals surface area contributed by atoms with Gasteiger partial charge in [0.2, 0.25) is 0 Å². The molecule has 3 rings (SSSR count). The van der Waals surface area contributed by atoms with Gasteiger partial charge in [-0.25, -0.2) is 0 Å². The molecular weight excluding hydrogens is 278 g/mol. The molecule has 2 heterocycles. The normalized spacial score (nSPS) is 20.5. The van der Waals surface area contributed by atoms with E-state index >= 15 is 0 Å². The molecule has 1 saturated heterocycles. The second kappa shape index (κ2) is 6.71. The number of Topliss-reactive ketones (excluding diaryl/α,β-unsaturated/α-hetero) is 1. The maximum Gasteiger partial charge on any atom is 0.137 e. The Kier molecular flexibility index (Phi) is 4.71. The van der Waals surface area contributed by atoms with Crippen molar-refractivity contribution in [1.82, 2.24) is 5.32 Å². The Hall–Kier alpha value is -1.19. The summed E-state index contributed by atoms with van der Waals surface area (Å²) in [7, 11) is 0. The number of piperidine rings is 1. The quantitative estimate of drug-likeness (QED) is 0.903. The number of rotatable bonds is 5. The molecule has 2 unspecified atom stereocenters. The van der Waals surface area contributed by atoms with Crippen molar-refractivity contribution in [1.29, 1.82) is 0 Å². The molecule has 1 aliphatic heterocycles. The second-order valence-corrected chi connectivity index (χ2v) is 7.17. The monoisotopic (exact) mass is 301 g/mol. The molecule has 0 saturated carbocycles. The van der Waals surface area contributed by atoms with E-state index in [0.29, 0.717) is 24.0 Å². The fourth-order valence-corrected chi connectivity index (χ4v) is 4.31. The van der Waals surface area contributed by atoms with Crippen molar-refractivity contribution in [2.45, 2.75) is 32.6 Å². The Labute approximate surface area is 130 Å². The van der Waals surface area contributed by atoms with Crippen LogP contribution in [0.2, 0.25) is 0 Å². The lowest BCUT2D eigenvalue weighted by Gasteiger charge is -2.28. The summed E-state index contributed by atoms with van der Waals surface area (Å²) >= 11 is 1.74. The van der Waals surface area contributed by atoms with Crippen LogP contribution in [-0.4, -0.2) is 18.9 Å². The minimum Gasteiger partial charge on any atom is -0.316 e. The molecular formula is C18H23NOS. The topological polar surface area (TPSA) is 29.1 Å². The molecule has 1 aromatic carbocycles. The first kappa shape index (κ1) is 14.7. The first-order valence-electron chi connectivity index (χ1n) is 7.91. The highest BCUT2D eigenvalue weighted by molar-refractivity contribution is 7.17. The van der Waals surface area contributed by atoms with E-state index in [1.807, 2.05) is 0 Å². The maximum absolute atomic E-state index is 12.4. The van der Waals surface area contributed by atoms with Gasteiger partial charge in [0.25, 0.3) is 0 Å². The molecule has 21 heavy (non-hydrogen) atoms. The van der Waals surface area contributed by atoms with E-state index < -0.39 is 0 Å². The summed E-state index contributed by atoms with van der Waals surface area (Å²) in [6.45, 7) is 4.45. The lowest BCUT2D eigenvalue weighted by atomic mass is 9.83. The second-order valence-electron chi connectivity index (χ2n) is 6.26. The number of hydrogen-bond donors (Lipinski definition) is 1. The molecule has 1 N–H and O–H groups in total. The fourth-order valence-electron chi connectivity index (χ4n) is 3.34. The molecule has 2 atom stereocenters. The van der Waals surface area contributed by atoms with Crippen LogP contribution in [0.4, 0.5) is 0 Å². The zero-order chi connectivity index (χ0) is 14.7. The Morgan fingerprint density at radius 1 is 1.43 bits per heavy atom. The number of carbonyl (C=O) groups excluding carboxylic acids is 1. The van der Waals surface area contributed by atoms with Crippen molar-refractivity contribution >= 4 is 27.2 Å². The van der Waals surface area contributed by atoms with Crippen LogP contribution in [-0.2, 0) is 11.2 Å². The summed E-state index contributed by atoms with van der Waals surface area (Å²) in [5.41, 5.74) is 1.20. The van der Waals surface area contributed by atoms with Gasteiger partial charge in [-0.1, -0.05) is 25.1 Å². The Balaban J connectivity index is 1.61. The SMILES string of the molecule is CC(CC(=O)Cc1csc2ccccc12)C1CCCNC1. The predicted octanol–water partition coefficient (Wildman–Crippen LogP) is 4.04. The third-order valence-electron chi connectivity index (χ3n) is 4.64. The van der Waals surface area contributed by atoms with Gasteiger partial charge in [0, 0.05) is 17.5 Å². The molecule has 1 aromatic heterocycles. The minimum atomic E-state index is 0.386. The van der Waals surface area contributed by atoms with Crippen molar-refractivity contribution in [3.8, 4) is 0 Å². The van der Waals surface area contributed by atoms with E-state index in [1.165, 1.54) is 28.5 Å². The standard InChI is InChI=1S/C18H23NOS/c1-13(14-5-4-8-19-11-14)9-16(20)10-15-12-21-18-7-3-2-6-17(15)18/h2-3,6-7,12-14,19H,4-5,8-11H2,1H3. The van der Waals surface area contributed by atoms with E-state index in [9.17, 15) is 4.79 Å². The van der Waals surface area contributed by atoms with Crippen LogP contribution in [0.1, 0.15) is 31.7 Å². The van der Waals surface area contributed by atoms with Gasteiger partial charge in [0.05, 0.1) is 0 Å². The molecule has 0 bridgehead atoms. The number of fused-ring (bicyclic) bond motifs is 1. The summed E-state index contributed by atoms with van der Waals surface area (Å²) in [5, 5.41) is 6.85. The van der Waals surface area contributed by atoms with Crippen LogP contribution >= 0.6 is 11.3 Å². The van der Waals surface area contributed by atoms with Crippen molar-refractivity contribution in [2.24, 2.45) is 11.8 Å². The molecule has 0 aliphatic carbocycles. The molecule has 0 spiro atoms. The molecule has 3 heteroatoms. The molecule has 1 aliphatic rings. The first-order valence-corrected chi connectivity index (χ1v) is 8.79. The van der Waals surface area contributed by atoms with Crippen LogP contribution in [0.15, 0.2) is 29.6 Å². The highest BCUT2D eigenvalue weighted by Gasteiger charge is 2.22. The van der Waals surface area contributed by atoms with Crippen molar-refractivity contribution in [3.05, 3.63) is 35.2 Å². The van der Waals surface area contributed by atoms with Crippen LogP contribution in [0.3, 0.4) is 0 Å². The van der Waals surface area contributed by atoms with E-state index in [0.717, 1.165) is 19.5 Å². The summed E-state index contributed by atoms with van der Waals surface area (Å²) in [4.78, 5) is 12.4. The number of ketones is 1. The highest BCUT2D eigenvalue weighted by Crippen LogP contribution is 2.28. The van der Waals surface area contributed by atoms with Gasteiger partial charge in [-0.2, -0.15) is 0 Å². The largest absolute Gasteiger partial charge is 0.316 e. The number of thiophene rings is 1. The zero-order valence-corrected chi connectivity index (χ0v) is 13.4. The highest BCUT2D eigenvalue weighted by atomic mass is 32.1. The van der Waals surface area contributed by atoms with Gasteiger partial charge in [0.1, 0.15) is 5.78 Å². The molecule has 0 radical (unpaired) electrons. The van der Waals surface area contributed by atoms with Crippen molar-refractivity contribution in [3.63, 3.8) is 0 Å². The van der Waals surface area contributed by atoms with Crippen molar-refractivity contribution in [2.75, 3.05) is 13.1 Å². The number of carbonyl (C=O) groups is 1. The van der Waals surface area contributed by atoms with E-state index in [1.54, 1.807) is 11.3 Å². The maximum atomic E-state index is 12.4. The van der Waals surface area contributed by atoms with Gasteiger partial charge in [0.15, 0.2) is 0 Å². The molecule has 0 amide bonds. The van der Waals surface area contributed by atoms with Gasteiger partial charge in [-0.05, 0) is 60.2 Å². The summed E-state index contributed by atoms with van der Waals surface area (Å²) in [6, 6.07) is 8.37. The third kappa shape index (κ3) is 3.53. The summed E-state index contributed by atoms with van der Waals surface area (Å²) in [5.74, 6) is 1.55. The lowest BCUT2D eigenvalue weighted by molar-refractivity contribution is -0.119. The van der Waals surface area contributed by atoms with Gasteiger partial charge in [-0.15, -0.1) is 11.3 Å². The van der Waals surface area contributed by atoms with Gasteiger partial charge < -0.3 is 5.32 Å². The Bertz CT molecular complexity index is 612. The average Bonchev–Trinajstić information content (AvgIpc) is 2.91. The summed E-state index contributed by atoms with van der Waals surface area (Å²) in [6.07, 6.45) is 3.83. The zero-order valence-electron chi connectivity index (χ0n) is 12.6. The molecule has 1 fully saturated rings. The predicted molar refractivity (Wildman–Crippen MR) is 89.9 cm³/mol.